The van der Waals surface area contributed by atoms with Crippen molar-refractivity contribution < 1.29 is 4.92 Å². The smallest absolute Gasteiger partial charge is 0.283 e. The van der Waals surface area contributed by atoms with E-state index >= 15 is 0 Å². The van der Waals surface area contributed by atoms with Gasteiger partial charge < -0.3 is 5.32 Å². The number of benzene rings is 1. The fourth-order valence-corrected chi connectivity index (χ4v) is 2.04. The van der Waals surface area contributed by atoms with Gasteiger partial charge in [0.05, 0.1) is 9.40 Å². The summed E-state index contributed by atoms with van der Waals surface area (Å²) in [4.78, 5) is 10.4. The van der Waals surface area contributed by atoms with Crippen LogP contribution in [0.15, 0.2) is 22.7 Å². The second kappa shape index (κ2) is 4.28. The highest BCUT2D eigenvalue weighted by molar-refractivity contribution is 9.10. The summed E-state index contributed by atoms with van der Waals surface area (Å²) in [6.07, 6.45) is 0.918. The molecule has 1 aromatic carbocycles. The molecule has 0 radical (unpaired) electrons. The second-order valence-corrected chi connectivity index (χ2v) is 4.63. The zero-order valence-electron chi connectivity index (χ0n) is 8.07. The number of nitro benzene ring substituents is 1. The molecular formula is C10H11BrN2O2. The van der Waals surface area contributed by atoms with Gasteiger partial charge >= 0.3 is 0 Å². The zero-order valence-corrected chi connectivity index (χ0v) is 9.66. The molecule has 4 nitrogen and oxygen atoms in total. The summed E-state index contributed by atoms with van der Waals surface area (Å²) in [5, 5.41) is 13.9. The van der Waals surface area contributed by atoms with Crippen LogP contribution in [0, 0.1) is 16.0 Å². The maximum atomic E-state index is 10.7. The molecule has 15 heavy (non-hydrogen) atoms. The van der Waals surface area contributed by atoms with E-state index in [9.17, 15) is 10.1 Å². The monoisotopic (exact) mass is 270 g/mol. The van der Waals surface area contributed by atoms with Crippen molar-refractivity contribution in [2.24, 2.45) is 5.92 Å². The van der Waals surface area contributed by atoms with E-state index in [1.807, 2.05) is 6.07 Å². The lowest BCUT2D eigenvalue weighted by Crippen LogP contribution is -2.43. The van der Waals surface area contributed by atoms with Crippen LogP contribution in [0.5, 0.6) is 0 Å². The van der Waals surface area contributed by atoms with Gasteiger partial charge in [0.15, 0.2) is 0 Å². The quantitative estimate of drug-likeness (QED) is 0.676. The number of halogens is 1. The molecule has 0 amide bonds. The molecule has 1 aliphatic heterocycles. The van der Waals surface area contributed by atoms with Crippen molar-refractivity contribution in [2.75, 3.05) is 13.1 Å². The van der Waals surface area contributed by atoms with Crippen molar-refractivity contribution >= 4 is 21.6 Å². The predicted molar refractivity (Wildman–Crippen MR) is 60.9 cm³/mol. The Kier molecular flexibility index (Phi) is 3.02. The summed E-state index contributed by atoms with van der Waals surface area (Å²) in [5.41, 5.74) is 1.19. The van der Waals surface area contributed by atoms with E-state index in [0.717, 1.165) is 25.1 Å². The van der Waals surface area contributed by atoms with E-state index in [1.54, 1.807) is 12.1 Å². The van der Waals surface area contributed by atoms with Crippen LogP contribution in [0.4, 0.5) is 5.69 Å². The Hall–Kier alpha value is -0.940. The van der Waals surface area contributed by atoms with Crippen molar-refractivity contribution in [1.82, 2.24) is 5.32 Å². The molecule has 0 aliphatic carbocycles. The van der Waals surface area contributed by atoms with E-state index in [-0.39, 0.29) is 10.6 Å². The van der Waals surface area contributed by atoms with Gasteiger partial charge in [-0.2, -0.15) is 0 Å². The van der Waals surface area contributed by atoms with Crippen LogP contribution in [0.25, 0.3) is 0 Å². The van der Waals surface area contributed by atoms with Crippen LogP contribution in [-0.2, 0) is 6.42 Å². The Bertz CT molecular complexity index is 391. The lowest BCUT2D eigenvalue weighted by atomic mass is 9.94. The molecular weight excluding hydrogens is 260 g/mol. The normalized spacial score (nSPS) is 16.1. The fourth-order valence-electron chi connectivity index (χ4n) is 1.65. The van der Waals surface area contributed by atoms with Crippen LogP contribution in [-0.4, -0.2) is 18.0 Å². The minimum absolute atomic E-state index is 0.153. The Morgan fingerprint density at radius 3 is 2.80 bits per heavy atom. The van der Waals surface area contributed by atoms with E-state index in [0.29, 0.717) is 10.4 Å². The molecule has 0 atom stereocenters. The third kappa shape index (κ3) is 2.35. The number of hydrogen-bond donors (Lipinski definition) is 1. The maximum absolute atomic E-state index is 10.7. The highest BCUT2D eigenvalue weighted by atomic mass is 79.9. The first-order chi connectivity index (χ1) is 7.16. The van der Waals surface area contributed by atoms with Crippen molar-refractivity contribution in [3.8, 4) is 0 Å². The number of nitro groups is 1. The van der Waals surface area contributed by atoms with Crippen LogP contribution >= 0.6 is 15.9 Å². The summed E-state index contributed by atoms with van der Waals surface area (Å²) >= 11 is 3.17. The Labute approximate surface area is 96.0 Å². The molecule has 1 fully saturated rings. The molecule has 0 aromatic heterocycles. The first-order valence-electron chi connectivity index (χ1n) is 4.80. The second-order valence-electron chi connectivity index (χ2n) is 3.77. The van der Waals surface area contributed by atoms with Gasteiger partial charge in [0.1, 0.15) is 0 Å². The van der Waals surface area contributed by atoms with Gasteiger partial charge in [-0.1, -0.05) is 6.07 Å². The Morgan fingerprint density at radius 2 is 2.27 bits per heavy atom. The van der Waals surface area contributed by atoms with Gasteiger partial charge in [-0.3, -0.25) is 10.1 Å². The number of nitrogens with one attached hydrogen (secondary N) is 1. The minimum Gasteiger partial charge on any atom is -0.316 e. The minimum atomic E-state index is -0.355. The van der Waals surface area contributed by atoms with Crippen LogP contribution < -0.4 is 5.32 Å². The maximum Gasteiger partial charge on any atom is 0.283 e. The fraction of sp³-hybridized carbons (Fsp3) is 0.400. The SMILES string of the molecule is O=[N+]([O-])c1cc(CC2CNC2)ccc1Br. The molecule has 0 saturated carbocycles. The molecule has 2 rings (SSSR count). The molecule has 80 valence electrons. The summed E-state index contributed by atoms with van der Waals surface area (Å²) in [5.74, 6) is 0.630. The van der Waals surface area contributed by atoms with Crippen molar-refractivity contribution in [3.63, 3.8) is 0 Å². The lowest BCUT2D eigenvalue weighted by Gasteiger charge is -2.26. The molecule has 5 heteroatoms. The van der Waals surface area contributed by atoms with E-state index in [1.165, 1.54) is 0 Å². The first-order valence-corrected chi connectivity index (χ1v) is 5.59. The highest BCUT2D eigenvalue weighted by Crippen LogP contribution is 2.27. The Balaban J connectivity index is 2.17. The molecule has 0 unspecified atom stereocenters. The molecule has 1 saturated heterocycles. The summed E-state index contributed by atoms with van der Waals surface area (Å²) in [7, 11) is 0. The number of hydrogen-bond acceptors (Lipinski definition) is 3. The largest absolute Gasteiger partial charge is 0.316 e. The van der Waals surface area contributed by atoms with Gasteiger partial charge in [-0.25, -0.2) is 0 Å². The zero-order chi connectivity index (χ0) is 10.8. The van der Waals surface area contributed by atoms with E-state index in [2.05, 4.69) is 21.2 Å². The molecule has 1 heterocycles. The van der Waals surface area contributed by atoms with Gasteiger partial charge in [-0.05, 0) is 53.0 Å². The standard InChI is InChI=1S/C10H11BrN2O2/c11-9-2-1-7(3-8-5-12-6-8)4-10(9)13(14)15/h1-2,4,8,12H,3,5-6H2. The van der Waals surface area contributed by atoms with Crippen molar-refractivity contribution in [2.45, 2.75) is 6.42 Å². The highest BCUT2D eigenvalue weighted by Gasteiger charge is 2.19. The number of nitrogens with zero attached hydrogens (tertiary/aromatic N) is 1. The van der Waals surface area contributed by atoms with E-state index < -0.39 is 0 Å². The molecule has 0 bridgehead atoms. The third-order valence-electron chi connectivity index (χ3n) is 2.60. The average Bonchev–Trinajstić information content (AvgIpc) is 2.13. The predicted octanol–water partition coefficient (Wildman–Crippen LogP) is 2.12. The topological polar surface area (TPSA) is 55.2 Å². The van der Waals surface area contributed by atoms with E-state index in [4.69, 9.17) is 0 Å². The third-order valence-corrected chi connectivity index (χ3v) is 3.27. The summed E-state index contributed by atoms with van der Waals surface area (Å²) in [6, 6.07) is 5.34. The van der Waals surface area contributed by atoms with Gasteiger partial charge in [0.2, 0.25) is 0 Å². The van der Waals surface area contributed by atoms with Crippen molar-refractivity contribution in [1.29, 1.82) is 0 Å². The molecule has 1 aliphatic rings. The van der Waals surface area contributed by atoms with Gasteiger partial charge in [-0.15, -0.1) is 0 Å². The van der Waals surface area contributed by atoms with Crippen molar-refractivity contribution in [3.05, 3.63) is 38.3 Å². The molecule has 1 aromatic rings. The summed E-state index contributed by atoms with van der Waals surface area (Å²) in [6.45, 7) is 2.04. The van der Waals surface area contributed by atoms with Crippen LogP contribution in [0.1, 0.15) is 5.56 Å². The van der Waals surface area contributed by atoms with Crippen LogP contribution in [0.3, 0.4) is 0 Å². The molecule has 1 N–H and O–H groups in total. The Morgan fingerprint density at radius 1 is 1.53 bits per heavy atom. The van der Waals surface area contributed by atoms with Gasteiger partial charge in [0, 0.05) is 6.07 Å². The van der Waals surface area contributed by atoms with Crippen LogP contribution in [0.2, 0.25) is 0 Å². The lowest BCUT2D eigenvalue weighted by molar-refractivity contribution is -0.385. The summed E-state index contributed by atoms with van der Waals surface area (Å²) < 4.78 is 0.544. The first kappa shape index (κ1) is 10.6. The van der Waals surface area contributed by atoms with Gasteiger partial charge in [0.25, 0.3) is 5.69 Å². The molecule has 0 spiro atoms. The number of rotatable bonds is 3. The average molecular weight is 271 g/mol.